The summed E-state index contributed by atoms with van der Waals surface area (Å²) < 4.78 is 48.0. The van der Waals surface area contributed by atoms with Crippen molar-refractivity contribution in [2.24, 2.45) is 0 Å². The highest BCUT2D eigenvalue weighted by Crippen LogP contribution is 2.35. The maximum Gasteiger partial charge on any atom is 0.419 e. The van der Waals surface area contributed by atoms with E-state index < -0.39 is 11.7 Å². The topological polar surface area (TPSA) is 30.5 Å². The van der Waals surface area contributed by atoms with Gasteiger partial charge in [-0.25, -0.2) is 0 Å². The Labute approximate surface area is 110 Å². The van der Waals surface area contributed by atoms with Gasteiger partial charge >= 0.3 is 6.18 Å². The van der Waals surface area contributed by atoms with Gasteiger partial charge in [0, 0.05) is 20.3 Å². The number of para-hydroxylation sites is 1. The van der Waals surface area contributed by atoms with Crippen LogP contribution in [0.4, 0.5) is 13.2 Å². The molecule has 0 heterocycles. The summed E-state index contributed by atoms with van der Waals surface area (Å²) >= 11 is 0. The molecule has 0 aromatic heterocycles. The van der Waals surface area contributed by atoms with Crippen LogP contribution in [0.15, 0.2) is 24.3 Å². The van der Waals surface area contributed by atoms with E-state index >= 15 is 0 Å². The van der Waals surface area contributed by atoms with E-state index in [-0.39, 0.29) is 12.4 Å². The van der Waals surface area contributed by atoms with E-state index in [1.165, 1.54) is 18.2 Å². The lowest BCUT2D eigenvalue weighted by Crippen LogP contribution is -2.23. The van der Waals surface area contributed by atoms with Crippen molar-refractivity contribution in [3.63, 3.8) is 0 Å². The van der Waals surface area contributed by atoms with Crippen molar-refractivity contribution in [1.29, 1.82) is 0 Å². The first-order chi connectivity index (χ1) is 9.05. The minimum atomic E-state index is -4.39. The van der Waals surface area contributed by atoms with Gasteiger partial charge in [-0.1, -0.05) is 12.1 Å². The minimum absolute atomic E-state index is 0.131. The molecule has 19 heavy (non-hydrogen) atoms. The molecule has 0 aliphatic rings. The van der Waals surface area contributed by atoms with Crippen LogP contribution in [-0.4, -0.2) is 33.4 Å². The third-order valence-corrected chi connectivity index (χ3v) is 2.43. The molecule has 0 atom stereocenters. The summed E-state index contributed by atoms with van der Waals surface area (Å²) in [6.45, 7) is 2.10. The quantitative estimate of drug-likeness (QED) is 0.741. The molecular formula is C13H18F3NO2. The Morgan fingerprint density at radius 3 is 2.53 bits per heavy atom. The monoisotopic (exact) mass is 277 g/mol. The molecule has 0 radical (unpaired) electrons. The van der Waals surface area contributed by atoms with Crippen molar-refractivity contribution in [2.45, 2.75) is 12.6 Å². The maximum atomic E-state index is 12.7. The molecule has 0 unspecified atom stereocenters. The smallest absolute Gasteiger partial charge is 0.419 e. The lowest BCUT2D eigenvalue weighted by molar-refractivity contribution is -0.138. The largest absolute Gasteiger partial charge is 0.492 e. The van der Waals surface area contributed by atoms with E-state index in [2.05, 4.69) is 5.32 Å². The first-order valence-electron chi connectivity index (χ1n) is 6.04. The van der Waals surface area contributed by atoms with Crippen LogP contribution < -0.4 is 10.1 Å². The zero-order chi connectivity index (χ0) is 14.1. The number of methoxy groups -OCH3 is 1. The predicted molar refractivity (Wildman–Crippen MR) is 66.3 cm³/mol. The fourth-order valence-electron chi connectivity index (χ4n) is 1.53. The number of ether oxygens (including phenoxy) is 2. The van der Waals surface area contributed by atoms with E-state index in [9.17, 15) is 13.2 Å². The Balaban J connectivity index is 2.33. The average molecular weight is 277 g/mol. The fraction of sp³-hybridized carbons (Fsp3) is 0.538. The van der Waals surface area contributed by atoms with Crippen LogP contribution in [0.3, 0.4) is 0 Å². The zero-order valence-electron chi connectivity index (χ0n) is 10.8. The van der Waals surface area contributed by atoms with E-state index in [4.69, 9.17) is 9.47 Å². The molecule has 6 heteroatoms. The number of alkyl halides is 3. The number of halogens is 3. The summed E-state index contributed by atoms with van der Waals surface area (Å²) in [4.78, 5) is 0. The van der Waals surface area contributed by atoms with E-state index in [0.717, 1.165) is 19.0 Å². The van der Waals surface area contributed by atoms with E-state index in [1.807, 2.05) is 0 Å². The standard InChI is InChI=1S/C13H18F3NO2/c1-18-9-4-7-17-8-10-19-12-6-3-2-5-11(12)13(14,15)16/h2-3,5-6,17H,4,7-10H2,1H3. The number of hydrogen-bond donors (Lipinski definition) is 1. The van der Waals surface area contributed by atoms with E-state index in [0.29, 0.717) is 13.2 Å². The zero-order valence-corrected chi connectivity index (χ0v) is 10.8. The summed E-state index contributed by atoms with van der Waals surface area (Å²) in [6.07, 6.45) is -3.53. The molecule has 0 saturated heterocycles. The van der Waals surface area contributed by atoms with Gasteiger partial charge in [0.1, 0.15) is 12.4 Å². The van der Waals surface area contributed by atoms with Crippen LogP contribution in [0, 0.1) is 0 Å². The van der Waals surface area contributed by atoms with Gasteiger partial charge in [-0.3, -0.25) is 0 Å². The molecule has 0 saturated carbocycles. The van der Waals surface area contributed by atoms with E-state index in [1.54, 1.807) is 7.11 Å². The van der Waals surface area contributed by atoms with Gasteiger partial charge in [-0.2, -0.15) is 13.2 Å². The minimum Gasteiger partial charge on any atom is -0.492 e. The number of benzene rings is 1. The third kappa shape index (κ3) is 5.94. The van der Waals surface area contributed by atoms with Gasteiger partial charge in [0.25, 0.3) is 0 Å². The first kappa shape index (κ1) is 15.8. The fourth-order valence-corrected chi connectivity index (χ4v) is 1.53. The molecule has 0 fully saturated rings. The summed E-state index contributed by atoms with van der Waals surface area (Å²) in [5.74, 6) is -0.131. The molecule has 1 aromatic rings. The van der Waals surface area contributed by atoms with Gasteiger partial charge in [0.05, 0.1) is 5.56 Å². The second-order valence-corrected chi connectivity index (χ2v) is 3.94. The molecule has 0 amide bonds. The molecule has 0 spiro atoms. The van der Waals surface area contributed by atoms with Crippen LogP contribution in [0.25, 0.3) is 0 Å². The number of hydrogen-bond acceptors (Lipinski definition) is 3. The Morgan fingerprint density at radius 1 is 1.11 bits per heavy atom. The summed E-state index contributed by atoms with van der Waals surface area (Å²) in [5.41, 5.74) is -0.741. The normalized spacial score (nSPS) is 11.6. The van der Waals surface area contributed by atoms with Crippen molar-refractivity contribution in [3.8, 4) is 5.75 Å². The van der Waals surface area contributed by atoms with Gasteiger partial charge in [-0.15, -0.1) is 0 Å². The highest BCUT2D eigenvalue weighted by molar-refractivity contribution is 5.35. The van der Waals surface area contributed by atoms with Crippen LogP contribution in [0.1, 0.15) is 12.0 Å². The van der Waals surface area contributed by atoms with Gasteiger partial charge in [-0.05, 0) is 25.1 Å². The van der Waals surface area contributed by atoms with Crippen molar-refractivity contribution < 1.29 is 22.6 Å². The Bertz CT molecular complexity index is 369. The van der Waals surface area contributed by atoms with Crippen LogP contribution >= 0.6 is 0 Å². The van der Waals surface area contributed by atoms with Crippen molar-refractivity contribution >= 4 is 0 Å². The lowest BCUT2D eigenvalue weighted by Gasteiger charge is -2.13. The molecule has 0 aliphatic heterocycles. The van der Waals surface area contributed by atoms with Crippen LogP contribution in [-0.2, 0) is 10.9 Å². The molecular weight excluding hydrogens is 259 g/mol. The summed E-state index contributed by atoms with van der Waals surface area (Å²) in [6, 6.07) is 5.21. The molecule has 1 aromatic carbocycles. The Hall–Kier alpha value is -1.27. The van der Waals surface area contributed by atoms with Gasteiger partial charge < -0.3 is 14.8 Å². The second-order valence-electron chi connectivity index (χ2n) is 3.94. The lowest BCUT2D eigenvalue weighted by atomic mass is 10.2. The summed E-state index contributed by atoms with van der Waals surface area (Å²) in [7, 11) is 1.62. The molecule has 1 N–H and O–H groups in total. The van der Waals surface area contributed by atoms with Gasteiger partial charge in [0.15, 0.2) is 0 Å². The molecule has 0 bridgehead atoms. The highest BCUT2D eigenvalue weighted by Gasteiger charge is 2.33. The Morgan fingerprint density at radius 2 is 1.84 bits per heavy atom. The van der Waals surface area contributed by atoms with Crippen LogP contribution in [0.5, 0.6) is 5.75 Å². The Kier molecular flexibility index (Phi) is 6.66. The number of rotatable bonds is 8. The second kappa shape index (κ2) is 8.01. The molecule has 0 aliphatic carbocycles. The third-order valence-electron chi connectivity index (χ3n) is 2.43. The first-order valence-corrected chi connectivity index (χ1v) is 6.04. The molecule has 3 nitrogen and oxygen atoms in total. The molecule has 1 rings (SSSR count). The predicted octanol–water partition coefficient (Wildman–Crippen LogP) is 2.71. The highest BCUT2D eigenvalue weighted by atomic mass is 19.4. The van der Waals surface area contributed by atoms with Crippen molar-refractivity contribution in [2.75, 3.05) is 33.4 Å². The van der Waals surface area contributed by atoms with Crippen LogP contribution in [0.2, 0.25) is 0 Å². The maximum absolute atomic E-state index is 12.7. The van der Waals surface area contributed by atoms with Crippen molar-refractivity contribution in [3.05, 3.63) is 29.8 Å². The molecule has 108 valence electrons. The van der Waals surface area contributed by atoms with Gasteiger partial charge in [0.2, 0.25) is 0 Å². The SMILES string of the molecule is COCCCNCCOc1ccccc1C(F)(F)F. The van der Waals surface area contributed by atoms with Crippen molar-refractivity contribution in [1.82, 2.24) is 5.32 Å². The number of nitrogens with one attached hydrogen (secondary N) is 1. The average Bonchev–Trinajstić information content (AvgIpc) is 2.37. The summed E-state index contributed by atoms with van der Waals surface area (Å²) in [5, 5.41) is 3.06.